The van der Waals surface area contributed by atoms with Crippen LogP contribution < -0.4 is 9.30 Å². The molecule has 3 aromatic carbocycles. The predicted octanol–water partition coefficient (Wildman–Crippen LogP) is 6.14. The number of pyridine rings is 1. The molecule has 142 valence electrons. The summed E-state index contributed by atoms with van der Waals surface area (Å²) in [4.78, 5) is 3.76. The Morgan fingerprint density at radius 1 is 1.07 bits per heavy atom. The van der Waals surface area contributed by atoms with Crippen LogP contribution >= 0.6 is 0 Å². The van der Waals surface area contributed by atoms with Gasteiger partial charge in [-0.2, -0.15) is 4.57 Å². The molecule has 3 heteroatoms. The van der Waals surface area contributed by atoms with E-state index in [1.807, 2.05) is 13.8 Å². The molecule has 0 saturated heterocycles. The van der Waals surface area contributed by atoms with Crippen LogP contribution in [0.3, 0.4) is 0 Å². The molecule has 1 aromatic heterocycles. The average molecular weight is 379 g/mol. The number of rotatable bonds is 2. The fourth-order valence-corrected chi connectivity index (χ4v) is 4.48. The van der Waals surface area contributed by atoms with Gasteiger partial charge in [0.15, 0.2) is 6.20 Å². The van der Waals surface area contributed by atoms with Crippen molar-refractivity contribution in [3.8, 4) is 22.8 Å². The van der Waals surface area contributed by atoms with E-state index in [0.29, 0.717) is 0 Å². The first kappa shape index (κ1) is 17.7. The van der Waals surface area contributed by atoms with E-state index in [1.165, 1.54) is 27.5 Å². The molecule has 0 aliphatic carbocycles. The lowest BCUT2D eigenvalue weighted by molar-refractivity contribution is -0.659. The molecule has 0 radical (unpaired) electrons. The van der Waals surface area contributed by atoms with Crippen molar-refractivity contribution in [1.29, 1.82) is 0 Å². The SMILES string of the molecule is [C-]#[N+]C(C)(C)Cc1ccc2c3c([n+](C)cc2c1)-c1c(C)ccc2cccc(c12)O3. The molecule has 0 amide bonds. The standard InChI is InChI=1S/C26H23N2O/c1-16-9-11-18-7-6-8-21-23(18)22(16)24-25(29-21)20-12-10-17(14-26(2,3)27-4)13-19(20)15-28(24)5/h6-13,15H,14H2,1-3,5H3/q+1. The molecule has 0 bridgehead atoms. The van der Waals surface area contributed by atoms with Gasteiger partial charge in [-0.1, -0.05) is 30.3 Å². The van der Waals surface area contributed by atoms with Crippen molar-refractivity contribution in [2.75, 3.05) is 0 Å². The first-order valence-corrected chi connectivity index (χ1v) is 9.92. The third kappa shape index (κ3) is 2.68. The van der Waals surface area contributed by atoms with Crippen LogP contribution in [0.2, 0.25) is 0 Å². The van der Waals surface area contributed by atoms with Crippen LogP contribution in [0.15, 0.2) is 54.7 Å². The van der Waals surface area contributed by atoms with Gasteiger partial charge in [0.1, 0.15) is 12.8 Å². The Hall–Kier alpha value is -3.38. The van der Waals surface area contributed by atoms with Gasteiger partial charge in [0, 0.05) is 30.0 Å². The van der Waals surface area contributed by atoms with Crippen molar-refractivity contribution in [2.24, 2.45) is 7.05 Å². The van der Waals surface area contributed by atoms with E-state index >= 15 is 0 Å². The van der Waals surface area contributed by atoms with Crippen LogP contribution in [-0.2, 0) is 13.5 Å². The van der Waals surface area contributed by atoms with Gasteiger partial charge < -0.3 is 9.58 Å². The highest BCUT2D eigenvalue weighted by atomic mass is 16.5. The third-order valence-electron chi connectivity index (χ3n) is 5.87. The predicted molar refractivity (Wildman–Crippen MR) is 117 cm³/mol. The lowest BCUT2D eigenvalue weighted by atomic mass is 9.91. The summed E-state index contributed by atoms with van der Waals surface area (Å²) in [6, 6.07) is 17.1. The summed E-state index contributed by atoms with van der Waals surface area (Å²) < 4.78 is 8.67. The summed E-state index contributed by atoms with van der Waals surface area (Å²) >= 11 is 0. The molecule has 0 fully saturated rings. The maximum absolute atomic E-state index is 7.42. The monoisotopic (exact) mass is 379 g/mol. The summed E-state index contributed by atoms with van der Waals surface area (Å²) in [5, 5.41) is 4.62. The van der Waals surface area contributed by atoms with Crippen LogP contribution in [-0.4, -0.2) is 5.54 Å². The van der Waals surface area contributed by atoms with Crippen molar-refractivity contribution in [3.63, 3.8) is 0 Å². The van der Waals surface area contributed by atoms with Gasteiger partial charge in [-0.3, -0.25) is 0 Å². The van der Waals surface area contributed by atoms with Crippen LogP contribution in [0, 0.1) is 13.5 Å². The number of nitrogens with zero attached hydrogens (tertiary/aromatic N) is 2. The lowest BCUT2D eigenvalue weighted by Crippen LogP contribution is -2.32. The molecule has 1 aliphatic heterocycles. The molecule has 4 aromatic rings. The molecule has 0 atom stereocenters. The summed E-state index contributed by atoms with van der Waals surface area (Å²) in [6.07, 6.45) is 2.91. The first-order chi connectivity index (χ1) is 13.9. The van der Waals surface area contributed by atoms with Crippen molar-refractivity contribution in [1.82, 2.24) is 0 Å². The Labute approximate surface area is 171 Å². The zero-order valence-corrected chi connectivity index (χ0v) is 17.2. The number of fused-ring (bicyclic) bond motifs is 4. The maximum Gasteiger partial charge on any atom is 0.257 e. The van der Waals surface area contributed by atoms with Gasteiger partial charge in [0.2, 0.25) is 11.3 Å². The van der Waals surface area contributed by atoms with Crippen molar-refractivity contribution < 1.29 is 9.30 Å². The number of ether oxygens (including phenoxy) is 1. The molecule has 0 spiro atoms. The fraction of sp³-hybridized carbons (Fsp3) is 0.231. The average Bonchev–Trinajstić information content (AvgIpc) is 2.69. The molecule has 3 nitrogen and oxygen atoms in total. The summed E-state index contributed by atoms with van der Waals surface area (Å²) in [7, 11) is 2.09. The highest BCUT2D eigenvalue weighted by molar-refractivity contribution is 6.06. The number of aryl methyl sites for hydroxylation is 2. The van der Waals surface area contributed by atoms with Gasteiger partial charge in [-0.25, -0.2) is 6.57 Å². The van der Waals surface area contributed by atoms with E-state index in [4.69, 9.17) is 11.3 Å². The Bertz CT molecular complexity index is 1360. The molecule has 1 aliphatic rings. The summed E-state index contributed by atoms with van der Waals surface area (Å²) in [5.41, 5.74) is 4.40. The second-order valence-corrected chi connectivity index (χ2v) is 8.65. The Morgan fingerprint density at radius 2 is 1.90 bits per heavy atom. The zero-order valence-electron chi connectivity index (χ0n) is 17.2. The minimum Gasteiger partial charge on any atom is -0.449 e. The molecular formula is C26H23N2O+. The van der Waals surface area contributed by atoms with E-state index in [1.54, 1.807) is 0 Å². The molecule has 2 heterocycles. The van der Waals surface area contributed by atoms with Crippen molar-refractivity contribution in [2.45, 2.75) is 32.7 Å². The van der Waals surface area contributed by atoms with E-state index in [0.717, 1.165) is 34.4 Å². The third-order valence-corrected chi connectivity index (χ3v) is 5.87. The van der Waals surface area contributed by atoms with Crippen molar-refractivity contribution >= 4 is 21.5 Å². The number of aromatic nitrogens is 1. The smallest absolute Gasteiger partial charge is 0.257 e. The highest BCUT2D eigenvalue weighted by Gasteiger charge is 2.31. The Kier molecular flexibility index (Phi) is 3.70. The maximum atomic E-state index is 7.42. The van der Waals surface area contributed by atoms with Crippen LogP contribution in [0.4, 0.5) is 0 Å². The highest BCUT2D eigenvalue weighted by Crippen LogP contribution is 2.48. The molecule has 0 saturated carbocycles. The van der Waals surface area contributed by atoms with Crippen LogP contribution in [0.1, 0.15) is 25.0 Å². The summed E-state index contributed by atoms with van der Waals surface area (Å²) in [5.74, 6) is 1.83. The van der Waals surface area contributed by atoms with E-state index in [-0.39, 0.29) is 0 Å². The minimum atomic E-state index is -0.397. The molecule has 29 heavy (non-hydrogen) atoms. The van der Waals surface area contributed by atoms with Crippen molar-refractivity contribution in [3.05, 3.63) is 77.3 Å². The van der Waals surface area contributed by atoms with Gasteiger partial charge >= 0.3 is 0 Å². The van der Waals surface area contributed by atoms with E-state index in [9.17, 15) is 0 Å². The number of benzene rings is 3. The quantitative estimate of drug-likeness (QED) is 0.266. The topological polar surface area (TPSA) is 17.5 Å². The van der Waals surface area contributed by atoms with Gasteiger partial charge in [-0.15, -0.1) is 0 Å². The molecule has 5 rings (SSSR count). The van der Waals surface area contributed by atoms with Gasteiger partial charge in [-0.05, 0) is 41.6 Å². The second-order valence-electron chi connectivity index (χ2n) is 8.65. The van der Waals surface area contributed by atoms with E-state index in [2.05, 4.69) is 78.1 Å². The molecule has 0 unspecified atom stereocenters. The normalized spacial score (nSPS) is 12.5. The van der Waals surface area contributed by atoms with Crippen LogP contribution in [0.5, 0.6) is 11.5 Å². The van der Waals surface area contributed by atoms with Gasteiger partial charge in [0.05, 0.1) is 12.0 Å². The largest absolute Gasteiger partial charge is 0.449 e. The number of hydrogen-bond donors (Lipinski definition) is 0. The Balaban J connectivity index is 1.78. The second kappa shape index (κ2) is 6.06. The molecular weight excluding hydrogens is 356 g/mol. The molecule has 0 N–H and O–H groups in total. The minimum absolute atomic E-state index is 0.397. The lowest BCUT2D eigenvalue weighted by Gasteiger charge is -2.22. The number of hydrogen-bond acceptors (Lipinski definition) is 1. The first-order valence-electron chi connectivity index (χ1n) is 9.92. The fourth-order valence-electron chi connectivity index (χ4n) is 4.48. The zero-order chi connectivity index (χ0) is 20.3. The van der Waals surface area contributed by atoms with E-state index < -0.39 is 5.54 Å². The summed E-state index contributed by atoms with van der Waals surface area (Å²) in [6.45, 7) is 13.6. The van der Waals surface area contributed by atoms with Crippen LogP contribution in [0.25, 0.3) is 37.6 Å². The Morgan fingerprint density at radius 3 is 2.69 bits per heavy atom. The van der Waals surface area contributed by atoms with Gasteiger partial charge in [0.25, 0.3) is 5.69 Å².